The molecule has 18 heavy (non-hydrogen) atoms. The summed E-state index contributed by atoms with van der Waals surface area (Å²) in [5.41, 5.74) is 4.06. The highest BCUT2D eigenvalue weighted by molar-refractivity contribution is 5.84. The molecule has 2 aromatic carbocycles. The van der Waals surface area contributed by atoms with Gasteiger partial charge in [0.15, 0.2) is 0 Å². The van der Waals surface area contributed by atoms with Crippen LogP contribution in [0.25, 0.3) is 16.6 Å². The summed E-state index contributed by atoms with van der Waals surface area (Å²) in [7, 11) is 0. The van der Waals surface area contributed by atoms with Crippen LogP contribution in [0.2, 0.25) is 0 Å². The maximum Gasteiger partial charge on any atom is 0.150 e. The number of hydrogen-bond donors (Lipinski definition) is 0. The van der Waals surface area contributed by atoms with E-state index in [1.807, 2.05) is 36.4 Å². The van der Waals surface area contributed by atoms with Gasteiger partial charge in [0.05, 0.1) is 5.52 Å². The Bertz CT molecular complexity index is 725. The van der Waals surface area contributed by atoms with Crippen molar-refractivity contribution in [2.45, 2.75) is 6.92 Å². The van der Waals surface area contributed by atoms with E-state index in [9.17, 15) is 4.79 Å². The van der Waals surface area contributed by atoms with Gasteiger partial charge in [-0.05, 0) is 31.2 Å². The first kappa shape index (κ1) is 10.8. The lowest BCUT2D eigenvalue weighted by molar-refractivity contribution is 0.112. The number of aromatic nitrogens is 1. The molecule has 3 rings (SSSR count). The van der Waals surface area contributed by atoms with Crippen LogP contribution in [0.5, 0.6) is 0 Å². The van der Waals surface area contributed by atoms with Crippen molar-refractivity contribution in [1.82, 2.24) is 4.57 Å². The minimum absolute atomic E-state index is 0.699. The zero-order valence-corrected chi connectivity index (χ0v) is 10.1. The number of rotatable bonds is 2. The van der Waals surface area contributed by atoms with Gasteiger partial charge in [0.25, 0.3) is 0 Å². The van der Waals surface area contributed by atoms with Gasteiger partial charge in [-0.15, -0.1) is 0 Å². The van der Waals surface area contributed by atoms with Crippen molar-refractivity contribution < 1.29 is 4.79 Å². The molecule has 0 bridgehead atoms. The summed E-state index contributed by atoms with van der Waals surface area (Å²) in [5.74, 6) is 0. The summed E-state index contributed by atoms with van der Waals surface area (Å²) in [4.78, 5) is 10.9. The number of aryl methyl sites for hydroxylation is 1. The van der Waals surface area contributed by atoms with Crippen LogP contribution in [0.15, 0.2) is 54.6 Å². The average molecular weight is 235 g/mol. The van der Waals surface area contributed by atoms with E-state index in [0.717, 1.165) is 17.5 Å². The van der Waals surface area contributed by atoms with Crippen LogP contribution < -0.4 is 0 Å². The lowest BCUT2D eigenvalue weighted by Gasteiger charge is -2.08. The van der Waals surface area contributed by atoms with Gasteiger partial charge in [-0.25, -0.2) is 0 Å². The molecule has 0 spiro atoms. The van der Waals surface area contributed by atoms with E-state index in [4.69, 9.17) is 0 Å². The smallest absolute Gasteiger partial charge is 0.150 e. The van der Waals surface area contributed by atoms with Crippen molar-refractivity contribution >= 4 is 17.2 Å². The van der Waals surface area contributed by atoms with Gasteiger partial charge in [0.1, 0.15) is 6.29 Å². The molecule has 2 nitrogen and oxygen atoms in total. The van der Waals surface area contributed by atoms with Gasteiger partial charge >= 0.3 is 0 Å². The Labute approximate surface area is 105 Å². The molecule has 0 N–H and O–H groups in total. The van der Waals surface area contributed by atoms with Crippen molar-refractivity contribution in [3.05, 3.63) is 65.9 Å². The molecule has 0 aliphatic heterocycles. The minimum atomic E-state index is 0.699. The molecule has 0 unspecified atom stereocenters. The van der Waals surface area contributed by atoms with Gasteiger partial charge in [-0.1, -0.05) is 30.3 Å². The molecule has 0 fully saturated rings. The zero-order chi connectivity index (χ0) is 12.5. The molecule has 0 atom stereocenters. The van der Waals surface area contributed by atoms with E-state index in [-0.39, 0.29) is 0 Å². The molecule has 88 valence electrons. The van der Waals surface area contributed by atoms with Crippen LogP contribution in [-0.4, -0.2) is 10.9 Å². The van der Waals surface area contributed by atoms with Gasteiger partial charge in [0, 0.05) is 22.3 Å². The molecular formula is C16H13NO. The number of benzene rings is 2. The van der Waals surface area contributed by atoms with Crippen molar-refractivity contribution in [1.29, 1.82) is 0 Å². The second-order valence-corrected chi connectivity index (χ2v) is 4.39. The Kier molecular flexibility index (Phi) is 2.49. The Morgan fingerprint density at radius 1 is 1.00 bits per heavy atom. The van der Waals surface area contributed by atoms with E-state index in [2.05, 4.69) is 29.7 Å². The van der Waals surface area contributed by atoms with E-state index in [1.165, 1.54) is 11.1 Å². The summed E-state index contributed by atoms with van der Waals surface area (Å²) in [6.45, 7) is 2.08. The van der Waals surface area contributed by atoms with Gasteiger partial charge in [-0.2, -0.15) is 0 Å². The number of aldehydes is 1. The van der Waals surface area contributed by atoms with Crippen LogP contribution in [0.3, 0.4) is 0 Å². The van der Waals surface area contributed by atoms with Gasteiger partial charge in [0.2, 0.25) is 0 Å². The van der Waals surface area contributed by atoms with Crippen molar-refractivity contribution in [2.24, 2.45) is 0 Å². The van der Waals surface area contributed by atoms with Crippen molar-refractivity contribution in [2.75, 3.05) is 0 Å². The second kappa shape index (κ2) is 4.15. The molecule has 3 aromatic rings. The van der Waals surface area contributed by atoms with E-state index in [0.29, 0.717) is 5.56 Å². The first-order valence-corrected chi connectivity index (χ1v) is 5.92. The largest absolute Gasteiger partial charge is 0.314 e. The summed E-state index contributed by atoms with van der Waals surface area (Å²) in [6.07, 6.45) is 0.879. The molecule has 1 aromatic heterocycles. The summed E-state index contributed by atoms with van der Waals surface area (Å²) in [6, 6.07) is 18.1. The Balaban J connectivity index is 2.30. The minimum Gasteiger partial charge on any atom is -0.314 e. The first-order chi connectivity index (χ1) is 8.79. The van der Waals surface area contributed by atoms with Gasteiger partial charge < -0.3 is 4.57 Å². The molecule has 0 saturated heterocycles. The monoisotopic (exact) mass is 235 g/mol. The van der Waals surface area contributed by atoms with Gasteiger partial charge in [-0.3, -0.25) is 4.79 Å². The Morgan fingerprint density at radius 2 is 1.83 bits per heavy atom. The quantitative estimate of drug-likeness (QED) is 0.620. The molecule has 0 amide bonds. The van der Waals surface area contributed by atoms with Crippen LogP contribution in [-0.2, 0) is 0 Å². The first-order valence-electron chi connectivity index (χ1n) is 5.92. The molecule has 0 radical (unpaired) electrons. The lowest BCUT2D eigenvalue weighted by atomic mass is 10.2. The average Bonchev–Trinajstić information content (AvgIpc) is 2.74. The fourth-order valence-electron chi connectivity index (χ4n) is 2.37. The van der Waals surface area contributed by atoms with Crippen LogP contribution in [0, 0.1) is 6.92 Å². The molecule has 2 heteroatoms. The van der Waals surface area contributed by atoms with Crippen LogP contribution >= 0.6 is 0 Å². The third-order valence-electron chi connectivity index (χ3n) is 3.16. The Morgan fingerprint density at radius 3 is 2.67 bits per heavy atom. The molecular weight excluding hydrogens is 222 g/mol. The fourth-order valence-corrected chi connectivity index (χ4v) is 2.37. The number of fused-ring (bicyclic) bond motifs is 1. The molecule has 0 aliphatic carbocycles. The lowest BCUT2D eigenvalue weighted by Crippen LogP contribution is -1.96. The van der Waals surface area contributed by atoms with E-state index < -0.39 is 0 Å². The summed E-state index contributed by atoms with van der Waals surface area (Å²) in [5, 5.41) is 1.21. The molecule has 0 aliphatic rings. The second-order valence-electron chi connectivity index (χ2n) is 4.39. The van der Waals surface area contributed by atoms with Crippen molar-refractivity contribution in [3.63, 3.8) is 0 Å². The third-order valence-corrected chi connectivity index (χ3v) is 3.16. The fraction of sp³-hybridized carbons (Fsp3) is 0.0625. The highest BCUT2D eigenvalue weighted by Crippen LogP contribution is 2.24. The number of carbonyl (C=O) groups is 1. The van der Waals surface area contributed by atoms with Crippen molar-refractivity contribution in [3.8, 4) is 5.69 Å². The molecule has 1 heterocycles. The summed E-state index contributed by atoms with van der Waals surface area (Å²) < 4.78 is 2.17. The Hall–Kier alpha value is -2.35. The molecule has 0 saturated carbocycles. The van der Waals surface area contributed by atoms with E-state index >= 15 is 0 Å². The van der Waals surface area contributed by atoms with E-state index in [1.54, 1.807) is 0 Å². The predicted octanol–water partition coefficient (Wildman–Crippen LogP) is 3.75. The number of carbonyl (C=O) groups excluding carboxylic acids is 1. The van der Waals surface area contributed by atoms with Crippen LogP contribution in [0.1, 0.15) is 16.1 Å². The SMILES string of the molecule is Cc1cc2ccccc2n1-c1cccc(C=O)c1. The maximum atomic E-state index is 10.9. The normalized spacial score (nSPS) is 10.7. The number of nitrogens with zero attached hydrogens (tertiary/aromatic N) is 1. The third kappa shape index (κ3) is 1.63. The highest BCUT2D eigenvalue weighted by Gasteiger charge is 2.07. The number of hydrogen-bond acceptors (Lipinski definition) is 1. The topological polar surface area (TPSA) is 22.0 Å². The van der Waals surface area contributed by atoms with Crippen LogP contribution in [0.4, 0.5) is 0 Å². The zero-order valence-electron chi connectivity index (χ0n) is 10.1. The maximum absolute atomic E-state index is 10.9. The predicted molar refractivity (Wildman–Crippen MR) is 73.4 cm³/mol. The number of para-hydroxylation sites is 1. The standard InChI is InChI=1S/C16H13NO/c1-12-9-14-6-2-3-8-16(14)17(12)15-7-4-5-13(10-15)11-18/h2-11H,1H3. The summed E-state index contributed by atoms with van der Waals surface area (Å²) >= 11 is 0. The highest BCUT2D eigenvalue weighted by atomic mass is 16.1.